The highest BCUT2D eigenvalue weighted by molar-refractivity contribution is 7.91. The van der Waals surface area contributed by atoms with Crippen molar-refractivity contribution >= 4 is 25.6 Å². The Labute approximate surface area is 257 Å². The Morgan fingerprint density at radius 2 is 1.48 bits per heavy atom. The quantitative estimate of drug-likeness (QED) is 0.238. The number of piperidine rings is 1. The van der Waals surface area contributed by atoms with E-state index in [0.29, 0.717) is 30.7 Å². The molecule has 1 saturated heterocycles. The van der Waals surface area contributed by atoms with Crippen LogP contribution in [0, 0.1) is 17.6 Å². The van der Waals surface area contributed by atoms with E-state index in [2.05, 4.69) is 9.64 Å². The van der Waals surface area contributed by atoms with Gasteiger partial charge in [0, 0.05) is 18.2 Å². The number of sulfone groups is 2. The molecule has 1 aliphatic rings. The number of likely N-dealkylation sites (tertiary alicyclic amines) is 1. The van der Waals surface area contributed by atoms with Crippen LogP contribution >= 0.6 is 0 Å². The minimum absolute atomic E-state index is 0.0245. The van der Waals surface area contributed by atoms with Crippen molar-refractivity contribution in [2.75, 3.05) is 45.4 Å². The summed E-state index contributed by atoms with van der Waals surface area (Å²) in [7, 11) is -5.61. The molecule has 1 unspecified atom stereocenters. The number of carbonyl (C=O) groups excluding carboxylic acids is 1. The van der Waals surface area contributed by atoms with E-state index in [0.717, 1.165) is 43.8 Å². The normalized spacial score (nSPS) is 15.5. The maximum atomic E-state index is 14.1. The van der Waals surface area contributed by atoms with Crippen molar-refractivity contribution in [3.05, 3.63) is 89.5 Å². The molecule has 1 atom stereocenters. The highest BCUT2D eigenvalue weighted by Crippen LogP contribution is 2.32. The van der Waals surface area contributed by atoms with Gasteiger partial charge in [0.1, 0.15) is 17.4 Å². The van der Waals surface area contributed by atoms with Gasteiger partial charge in [-0.3, -0.25) is 0 Å². The van der Waals surface area contributed by atoms with Gasteiger partial charge >= 0.3 is 5.97 Å². The van der Waals surface area contributed by atoms with E-state index in [1.54, 1.807) is 12.1 Å². The van der Waals surface area contributed by atoms with Crippen LogP contribution in [0.4, 0.5) is 8.78 Å². The first-order chi connectivity index (χ1) is 20.8. The van der Waals surface area contributed by atoms with Gasteiger partial charge in [-0.2, -0.15) is 0 Å². The Balaban J connectivity index is 1.31. The number of hydrogen-bond acceptors (Lipinski definition) is 8. The number of methoxy groups -OCH3 is 1. The number of esters is 1. The van der Waals surface area contributed by atoms with Crippen LogP contribution < -0.4 is 4.74 Å². The van der Waals surface area contributed by atoms with Crippen LogP contribution in [0.3, 0.4) is 0 Å². The summed E-state index contributed by atoms with van der Waals surface area (Å²) in [5.41, 5.74) is 1.25. The van der Waals surface area contributed by atoms with E-state index in [4.69, 9.17) is 4.74 Å². The molecule has 8 nitrogen and oxygen atoms in total. The Hall–Kier alpha value is -3.35. The summed E-state index contributed by atoms with van der Waals surface area (Å²) in [5.74, 6) is -1.56. The van der Waals surface area contributed by atoms with Gasteiger partial charge in [0.05, 0.1) is 22.7 Å². The topological polar surface area (TPSA) is 107 Å². The van der Waals surface area contributed by atoms with Crippen LogP contribution in [0.1, 0.15) is 42.7 Å². The van der Waals surface area contributed by atoms with Crippen LogP contribution in [0.2, 0.25) is 0 Å². The second kappa shape index (κ2) is 14.6. The maximum absolute atomic E-state index is 14.1. The molecule has 1 fully saturated rings. The number of hydrogen-bond donors (Lipinski definition) is 0. The van der Waals surface area contributed by atoms with Crippen LogP contribution in [-0.2, 0) is 29.2 Å². The van der Waals surface area contributed by atoms with Gasteiger partial charge in [0.15, 0.2) is 26.3 Å². The zero-order valence-electron chi connectivity index (χ0n) is 24.7. The minimum Gasteiger partial charge on any atom is -0.482 e. The summed E-state index contributed by atoms with van der Waals surface area (Å²) in [5, 5.41) is 0. The fraction of sp³-hybridized carbons (Fsp3) is 0.406. The van der Waals surface area contributed by atoms with Crippen LogP contribution in [-0.4, -0.2) is 73.1 Å². The van der Waals surface area contributed by atoms with E-state index >= 15 is 0 Å². The molecular formula is C32H37F2NO7S2. The lowest BCUT2D eigenvalue weighted by molar-refractivity contribution is -0.142. The summed E-state index contributed by atoms with van der Waals surface area (Å²) in [6.45, 7) is 1.94. The molecule has 0 bridgehead atoms. The summed E-state index contributed by atoms with van der Waals surface area (Å²) in [6.07, 6.45) is 3.90. The van der Waals surface area contributed by atoms with E-state index in [1.807, 2.05) is 0 Å². The lowest BCUT2D eigenvalue weighted by atomic mass is 9.87. The molecule has 0 N–H and O–H groups in total. The van der Waals surface area contributed by atoms with E-state index < -0.39 is 37.3 Å². The molecule has 0 radical (unpaired) electrons. The van der Waals surface area contributed by atoms with Crippen LogP contribution in [0.15, 0.2) is 76.5 Å². The predicted molar refractivity (Wildman–Crippen MR) is 162 cm³/mol. The molecule has 0 amide bonds. The van der Waals surface area contributed by atoms with Crippen molar-refractivity contribution < 1.29 is 39.9 Å². The summed E-state index contributed by atoms with van der Waals surface area (Å²) >= 11 is 0. The summed E-state index contributed by atoms with van der Waals surface area (Å²) in [6, 6.07) is 15.8. The molecule has 12 heteroatoms. The van der Waals surface area contributed by atoms with Crippen molar-refractivity contribution in [2.45, 2.75) is 41.4 Å². The number of ether oxygens (including phenoxy) is 2. The van der Waals surface area contributed by atoms with E-state index in [-0.39, 0.29) is 34.0 Å². The zero-order valence-corrected chi connectivity index (χ0v) is 26.4. The van der Waals surface area contributed by atoms with Crippen LogP contribution in [0.25, 0.3) is 0 Å². The highest BCUT2D eigenvalue weighted by Gasteiger charge is 2.24. The third-order valence-electron chi connectivity index (χ3n) is 8.00. The third-order valence-corrected chi connectivity index (χ3v) is 10.9. The largest absolute Gasteiger partial charge is 0.482 e. The van der Waals surface area contributed by atoms with Gasteiger partial charge in [-0.15, -0.1) is 0 Å². The first-order valence-corrected chi connectivity index (χ1v) is 17.9. The highest BCUT2D eigenvalue weighted by atomic mass is 32.2. The van der Waals surface area contributed by atoms with E-state index in [9.17, 15) is 30.4 Å². The van der Waals surface area contributed by atoms with Gasteiger partial charge in [-0.05, 0) is 111 Å². The number of carbonyl (C=O) groups is 1. The van der Waals surface area contributed by atoms with Crippen molar-refractivity contribution in [3.63, 3.8) is 0 Å². The molecule has 0 spiro atoms. The fourth-order valence-corrected chi connectivity index (χ4v) is 7.50. The van der Waals surface area contributed by atoms with Gasteiger partial charge in [-0.25, -0.2) is 30.4 Å². The van der Waals surface area contributed by atoms with Gasteiger partial charge < -0.3 is 14.4 Å². The molecule has 0 saturated carbocycles. The Morgan fingerprint density at radius 1 is 0.886 bits per heavy atom. The Morgan fingerprint density at radius 3 is 2.05 bits per heavy atom. The average Bonchev–Trinajstić information content (AvgIpc) is 2.99. The number of halogens is 2. The Bertz CT molecular complexity index is 1620. The molecule has 3 aromatic rings. The second-order valence-corrected chi connectivity index (χ2v) is 15.2. The lowest BCUT2D eigenvalue weighted by Gasteiger charge is -2.33. The third kappa shape index (κ3) is 9.33. The first-order valence-electron chi connectivity index (χ1n) is 14.3. The zero-order chi connectivity index (χ0) is 31.9. The van der Waals surface area contributed by atoms with Crippen molar-refractivity contribution in [1.82, 2.24) is 4.90 Å². The SMILES string of the molecule is COC(=O)COc1ccc(S(=O)(=O)CCC2CCN(CCC(c3ccc(S(C)(=O)=O)cc3)c3cc(F)cc(F)c3)CC2)cc1. The fourth-order valence-electron chi connectivity index (χ4n) is 5.44. The minimum atomic E-state index is -3.49. The number of benzene rings is 3. The van der Waals surface area contributed by atoms with Crippen molar-refractivity contribution in [2.24, 2.45) is 5.92 Å². The van der Waals surface area contributed by atoms with Crippen LogP contribution in [0.5, 0.6) is 5.75 Å². The molecule has 238 valence electrons. The standard InChI is InChI=1S/C32H37F2NO7S2/c1-41-32(36)22-42-28-5-9-30(10-6-28)44(39,40)18-14-23-11-15-35(16-12-23)17-13-31(25-19-26(33)21-27(34)20-25)24-3-7-29(8-4-24)43(2,37)38/h3-10,19-21,23,31H,11-18,22H2,1-2H3. The van der Waals surface area contributed by atoms with Gasteiger partial charge in [0.2, 0.25) is 0 Å². The Kier molecular flexibility index (Phi) is 11.1. The predicted octanol–water partition coefficient (Wildman–Crippen LogP) is 5.02. The van der Waals surface area contributed by atoms with Crippen molar-refractivity contribution in [3.8, 4) is 5.75 Å². The molecule has 1 heterocycles. The van der Waals surface area contributed by atoms with E-state index in [1.165, 1.54) is 55.6 Å². The number of rotatable bonds is 13. The molecule has 0 aromatic heterocycles. The average molecular weight is 650 g/mol. The molecular weight excluding hydrogens is 612 g/mol. The molecule has 0 aliphatic carbocycles. The first kappa shape index (κ1) is 33.5. The second-order valence-electron chi connectivity index (χ2n) is 11.1. The number of nitrogens with zero attached hydrogens (tertiary/aromatic N) is 1. The lowest BCUT2D eigenvalue weighted by Crippen LogP contribution is -2.35. The molecule has 4 rings (SSSR count). The molecule has 3 aromatic carbocycles. The van der Waals surface area contributed by atoms with Gasteiger partial charge in [0.25, 0.3) is 0 Å². The molecule has 44 heavy (non-hydrogen) atoms. The molecule has 1 aliphatic heterocycles. The smallest absolute Gasteiger partial charge is 0.343 e. The maximum Gasteiger partial charge on any atom is 0.343 e. The monoisotopic (exact) mass is 649 g/mol. The summed E-state index contributed by atoms with van der Waals surface area (Å²) in [4.78, 5) is 13.9. The summed E-state index contributed by atoms with van der Waals surface area (Å²) < 4.78 is 87.7. The van der Waals surface area contributed by atoms with Crippen molar-refractivity contribution in [1.29, 1.82) is 0 Å². The van der Waals surface area contributed by atoms with Gasteiger partial charge in [-0.1, -0.05) is 12.1 Å².